The summed E-state index contributed by atoms with van der Waals surface area (Å²) in [5, 5.41) is 5.19. The number of hydrogen-bond acceptors (Lipinski definition) is 5. The molecule has 1 aromatic carbocycles. The molecule has 0 saturated carbocycles. The van der Waals surface area contributed by atoms with E-state index in [2.05, 4.69) is 10.6 Å². The summed E-state index contributed by atoms with van der Waals surface area (Å²) >= 11 is 0. The summed E-state index contributed by atoms with van der Waals surface area (Å²) in [6.07, 6.45) is -0.667. The predicted octanol–water partition coefficient (Wildman–Crippen LogP) is 1.59. The number of aryl methyl sites for hydroxylation is 1. The van der Waals surface area contributed by atoms with Crippen molar-refractivity contribution in [2.75, 3.05) is 11.9 Å². The van der Waals surface area contributed by atoms with E-state index in [4.69, 9.17) is 4.74 Å². The average Bonchev–Trinajstić information content (AvgIpc) is 2.78. The Hall–Kier alpha value is -2.90. The summed E-state index contributed by atoms with van der Waals surface area (Å²) in [6, 6.07) is 6.54. The lowest BCUT2D eigenvalue weighted by Crippen LogP contribution is -2.44. The highest BCUT2D eigenvalue weighted by Gasteiger charge is 2.47. The van der Waals surface area contributed by atoms with Crippen LogP contribution in [0.5, 0.6) is 0 Å². The second-order valence-corrected chi connectivity index (χ2v) is 6.50. The molecule has 8 heteroatoms. The molecule has 4 amide bonds. The molecule has 0 spiro atoms. The van der Waals surface area contributed by atoms with Crippen molar-refractivity contribution in [2.24, 2.45) is 0 Å². The van der Waals surface area contributed by atoms with Crippen molar-refractivity contribution in [3.63, 3.8) is 0 Å². The second-order valence-electron chi connectivity index (χ2n) is 6.50. The van der Waals surface area contributed by atoms with Gasteiger partial charge in [-0.3, -0.25) is 19.3 Å². The molecule has 2 unspecified atom stereocenters. The number of carbonyl (C=O) groups excluding carboxylic acids is 4. The van der Waals surface area contributed by atoms with Crippen LogP contribution in [-0.2, 0) is 19.1 Å². The Kier molecular flexibility index (Phi) is 5.64. The number of imide groups is 1. The lowest BCUT2D eigenvalue weighted by atomic mass is 9.99. The van der Waals surface area contributed by atoms with Crippen molar-refractivity contribution < 1.29 is 23.9 Å². The Morgan fingerprint density at radius 3 is 2.62 bits per heavy atom. The molecular formula is C18H23N3O5. The molecule has 1 aromatic rings. The lowest BCUT2D eigenvalue weighted by Gasteiger charge is -2.19. The number of carbonyl (C=O) groups is 4. The summed E-state index contributed by atoms with van der Waals surface area (Å²) in [7, 11) is 0. The molecule has 8 nitrogen and oxygen atoms in total. The van der Waals surface area contributed by atoms with Gasteiger partial charge in [-0.05, 0) is 44.9 Å². The zero-order valence-corrected chi connectivity index (χ0v) is 15.3. The van der Waals surface area contributed by atoms with Gasteiger partial charge in [0, 0.05) is 5.69 Å². The maximum Gasteiger partial charge on any atom is 0.327 e. The molecule has 26 heavy (non-hydrogen) atoms. The van der Waals surface area contributed by atoms with Crippen molar-refractivity contribution >= 4 is 29.5 Å². The summed E-state index contributed by atoms with van der Waals surface area (Å²) in [6.45, 7) is 6.13. The van der Waals surface area contributed by atoms with E-state index in [0.717, 1.165) is 10.5 Å². The molecule has 1 saturated heterocycles. The Morgan fingerprint density at radius 1 is 1.35 bits per heavy atom. The molecule has 2 N–H and O–H groups in total. The van der Waals surface area contributed by atoms with E-state index in [-0.39, 0.29) is 0 Å². The number of urea groups is 1. The van der Waals surface area contributed by atoms with Gasteiger partial charge in [0.15, 0.2) is 6.10 Å². The third kappa shape index (κ3) is 4.19. The minimum atomic E-state index is -1.07. The molecule has 1 aliphatic heterocycles. The first-order valence-electron chi connectivity index (χ1n) is 8.37. The molecule has 2 rings (SSSR count). The van der Waals surface area contributed by atoms with E-state index in [1.165, 1.54) is 6.92 Å². The standard InChI is InChI=1S/C18H23N3O5/c1-5-18(4)16(24)21(17(25)20-18)10-14(22)26-12(3)15(23)19-13-8-6-7-11(2)9-13/h6-9,12H,5,10H2,1-4H3,(H,19,23)(H,20,25). The molecule has 0 bridgehead atoms. The summed E-state index contributed by atoms with van der Waals surface area (Å²) in [5.41, 5.74) is 0.543. The van der Waals surface area contributed by atoms with Crippen LogP contribution in [0.15, 0.2) is 24.3 Å². The Labute approximate surface area is 151 Å². The van der Waals surface area contributed by atoms with Crippen molar-refractivity contribution in [3.8, 4) is 0 Å². The molecule has 1 aliphatic rings. The number of nitrogens with zero attached hydrogens (tertiary/aromatic N) is 1. The molecule has 1 fully saturated rings. The largest absolute Gasteiger partial charge is 0.451 e. The Balaban J connectivity index is 1.92. The number of nitrogens with one attached hydrogen (secondary N) is 2. The third-order valence-corrected chi connectivity index (χ3v) is 4.30. The molecule has 0 radical (unpaired) electrons. The van der Waals surface area contributed by atoms with Crippen LogP contribution in [0.25, 0.3) is 0 Å². The zero-order valence-electron chi connectivity index (χ0n) is 15.3. The summed E-state index contributed by atoms with van der Waals surface area (Å²) in [5.74, 6) is -1.82. The molecule has 0 aromatic heterocycles. The Bertz CT molecular complexity index is 748. The minimum Gasteiger partial charge on any atom is -0.451 e. The first-order chi connectivity index (χ1) is 12.2. The number of anilines is 1. The smallest absolute Gasteiger partial charge is 0.327 e. The lowest BCUT2D eigenvalue weighted by molar-refractivity contribution is -0.155. The highest BCUT2D eigenvalue weighted by Crippen LogP contribution is 2.20. The average molecular weight is 361 g/mol. The maximum absolute atomic E-state index is 12.3. The van der Waals surface area contributed by atoms with E-state index >= 15 is 0 Å². The van der Waals surface area contributed by atoms with Crippen molar-refractivity contribution in [3.05, 3.63) is 29.8 Å². The van der Waals surface area contributed by atoms with E-state index in [1.807, 2.05) is 13.0 Å². The SMILES string of the molecule is CCC1(C)NC(=O)N(CC(=O)OC(C)C(=O)Nc2cccc(C)c2)C1=O. The van der Waals surface area contributed by atoms with Crippen LogP contribution in [-0.4, -0.2) is 46.9 Å². The monoisotopic (exact) mass is 361 g/mol. The fraction of sp³-hybridized carbons (Fsp3) is 0.444. The number of benzene rings is 1. The van der Waals surface area contributed by atoms with Crippen LogP contribution in [0, 0.1) is 6.92 Å². The third-order valence-electron chi connectivity index (χ3n) is 4.30. The predicted molar refractivity (Wildman–Crippen MR) is 94.3 cm³/mol. The zero-order chi connectivity index (χ0) is 19.5. The highest BCUT2D eigenvalue weighted by atomic mass is 16.5. The van der Waals surface area contributed by atoms with Gasteiger partial charge < -0.3 is 15.4 Å². The van der Waals surface area contributed by atoms with Gasteiger partial charge in [0.05, 0.1) is 0 Å². The van der Waals surface area contributed by atoms with E-state index in [1.54, 1.807) is 32.0 Å². The van der Waals surface area contributed by atoms with Crippen LogP contribution in [0.2, 0.25) is 0 Å². The van der Waals surface area contributed by atoms with Gasteiger partial charge in [0.1, 0.15) is 12.1 Å². The first kappa shape index (κ1) is 19.4. The first-order valence-corrected chi connectivity index (χ1v) is 8.37. The van der Waals surface area contributed by atoms with Gasteiger partial charge in [-0.15, -0.1) is 0 Å². The van der Waals surface area contributed by atoms with Crippen LogP contribution in [0.3, 0.4) is 0 Å². The van der Waals surface area contributed by atoms with E-state index < -0.39 is 42.0 Å². The van der Waals surface area contributed by atoms with Gasteiger partial charge in [-0.2, -0.15) is 0 Å². The number of amides is 4. The fourth-order valence-electron chi connectivity index (χ4n) is 2.51. The molecule has 2 atom stereocenters. The number of ether oxygens (including phenoxy) is 1. The van der Waals surface area contributed by atoms with Crippen LogP contribution < -0.4 is 10.6 Å². The van der Waals surface area contributed by atoms with Crippen LogP contribution >= 0.6 is 0 Å². The van der Waals surface area contributed by atoms with Crippen LogP contribution in [0.1, 0.15) is 32.8 Å². The fourth-order valence-corrected chi connectivity index (χ4v) is 2.51. The number of rotatable bonds is 6. The van der Waals surface area contributed by atoms with Gasteiger partial charge in [-0.1, -0.05) is 19.1 Å². The van der Waals surface area contributed by atoms with Crippen molar-refractivity contribution in [2.45, 2.75) is 45.8 Å². The maximum atomic E-state index is 12.3. The number of hydrogen-bond donors (Lipinski definition) is 2. The molecule has 1 heterocycles. The molecule has 0 aliphatic carbocycles. The molecular weight excluding hydrogens is 338 g/mol. The molecule has 140 valence electrons. The number of esters is 1. The topological polar surface area (TPSA) is 105 Å². The van der Waals surface area contributed by atoms with Crippen molar-refractivity contribution in [1.82, 2.24) is 10.2 Å². The minimum absolute atomic E-state index is 0.401. The highest BCUT2D eigenvalue weighted by molar-refractivity contribution is 6.08. The normalized spacial score (nSPS) is 20.5. The van der Waals surface area contributed by atoms with E-state index in [9.17, 15) is 19.2 Å². The van der Waals surface area contributed by atoms with Crippen molar-refractivity contribution in [1.29, 1.82) is 0 Å². The summed E-state index contributed by atoms with van der Waals surface area (Å²) < 4.78 is 5.05. The Morgan fingerprint density at radius 2 is 2.04 bits per heavy atom. The van der Waals surface area contributed by atoms with Gasteiger partial charge in [0.2, 0.25) is 0 Å². The van der Waals surface area contributed by atoms with Gasteiger partial charge >= 0.3 is 12.0 Å². The summed E-state index contributed by atoms with van der Waals surface area (Å²) in [4.78, 5) is 49.1. The van der Waals surface area contributed by atoms with E-state index in [0.29, 0.717) is 12.1 Å². The quantitative estimate of drug-likeness (QED) is 0.591. The van der Waals surface area contributed by atoms with Crippen LogP contribution in [0.4, 0.5) is 10.5 Å². The second kappa shape index (κ2) is 7.55. The van der Waals surface area contributed by atoms with Gasteiger partial charge in [0.25, 0.3) is 11.8 Å². The van der Waals surface area contributed by atoms with Gasteiger partial charge in [-0.25, -0.2) is 4.79 Å².